The van der Waals surface area contributed by atoms with E-state index in [9.17, 15) is 9.18 Å². The molecule has 1 aromatic carbocycles. The maximum atomic E-state index is 13.5. The molecule has 0 atom stereocenters. The van der Waals surface area contributed by atoms with Gasteiger partial charge in [0.2, 0.25) is 0 Å². The van der Waals surface area contributed by atoms with Crippen LogP contribution in [0.5, 0.6) is 0 Å². The van der Waals surface area contributed by atoms with Crippen LogP contribution in [-0.4, -0.2) is 16.3 Å². The van der Waals surface area contributed by atoms with E-state index in [-0.39, 0.29) is 5.69 Å². The molecule has 1 N–H and O–H groups in total. The van der Waals surface area contributed by atoms with Crippen LogP contribution in [0.4, 0.5) is 4.39 Å². The van der Waals surface area contributed by atoms with Gasteiger partial charge in [-0.05, 0) is 18.2 Å². The highest BCUT2D eigenvalue weighted by Crippen LogP contribution is 2.26. The smallest absolute Gasteiger partial charge is 0.168 e. The number of carbonyl (C=O) groups is 1. The molecule has 1 heterocycles. The van der Waals surface area contributed by atoms with E-state index in [1.807, 2.05) is 0 Å². The quantitative estimate of drug-likeness (QED) is 0.852. The van der Waals surface area contributed by atoms with Gasteiger partial charge in [0.05, 0.1) is 6.33 Å². The number of halogens is 2. The highest BCUT2D eigenvalue weighted by Gasteiger charge is 2.12. The molecule has 5 heteroatoms. The van der Waals surface area contributed by atoms with E-state index in [0.717, 1.165) is 4.47 Å². The summed E-state index contributed by atoms with van der Waals surface area (Å²) in [5.74, 6) is -0.409. The van der Waals surface area contributed by atoms with Crippen LogP contribution in [0.15, 0.2) is 29.0 Å². The molecule has 0 amide bonds. The molecule has 0 aliphatic rings. The first-order valence-electron chi connectivity index (χ1n) is 4.16. The second-order valence-corrected chi connectivity index (χ2v) is 3.82. The van der Waals surface area contributed by atoms with Gasteiger partial charge >= 0.3 is 0 Å². The third kappa shape index (κ3) is 1.83. The van der Waals surface area contributed by atoms with Gasteiger partial charge in [-0.2, -0.15) is 0 Å². The fraction of sp³-hybridized carbons (Fsp3) is 0. The fourth-order valence-corrected chi connectivity index (χ4v) is 1.65. The SMILES string of the molecule is O=Cc1[nH]cnc1-c1cc(Br)ccc1F. The number of nitrogens with one attached hydrogen (secondary N) is 1. The van der Waals surface area contributed by atoms with E-state index in [2.05, 4.69) is 25.9 Å². The average Bonchev–Trinajstić information content (AvgIpc) is 2.69. The van der Waals surface area contributed by atoms with Gasteiger partial charge in [0.1, 0.15) is 17.2 Å². The number of rotatable bonds is 2. The van der Waals surface area contributed by atoms with Gasteiger partial charge in [-0.3, -0.25) is 4.79 Å². The minimum absolute atomic E-state index is 0.270. The first kappa shape index (κ1) is 10.0. The van der Waals surface area contributed by atoms with Crippen molar-refractivity contribution in [3.8, 4) is 11.3 Å². The van der Waals surface area contributed by atoms with Crippen LogP contribution in [0.25, 0.3) is 11.3 Å². The minimum Gasteiger partial charge on any atom is -0.342 e. The number of nitrogens with zero attached hydrogens (tertiary/aromatic N) is 1. The molecule has 1 aromatic heterocycles. The Morgan fingerprint density at radius 2 is 2.27 bits per heavy atom. The Morgan fingerprint density at radius 1 is 1.47 bits per heavy atom. The monoisotopic (exact) mass is 268 g/mol. The van der Waals surface area contributed by atoms with Crippen molar-refractivity contribution in [3.63, 3.8) is 0 Å². The van der Waals surface area contributed by atoms with Crippen molar-refractivity contribution in [1.82, 2.24) is 9.97 Å². The fourth-order valence-electron chi connectivity index (χ4n) is 1.29. The zero-order chi connectivity index (χ0) is 10.8. The van der Waals surface area contributed by atoms with Crippen LogP contribution in [0.2, 0.25) is 0 Å². The number of carbonyl (C=O) groups excluding carboxylic acids is 1. The van der Waals surface area contributed by atoms with Gasteiger partial charge in [-0.1, -0.05) is 15.9 Å². The largest absolute Gasteiger partial charge is 0.342 e. The van der Waals surface area contributed by atoms with Crippen molar-refractivity contribution < 1.29 is 9.18 Å². The summed E-state index contributed by atoms with van der Waals surface area (Å²) < 4.78 is 14.2. The molecule has 0 aliphatic heterocycles. The number of aromatic nitrogens is 2. The van der Waals surface area contributed by atoms with Gasteiger partial charge < -0.3 is 4.98 Å². The lowest BCUT2D eigenvalue weighted by molar-refractivity contribution is 0.112. The number of hydrogen-bond acceptors (Lipinski definition) is 2. The average molecular weight is 269 g/mol. The molecule has 0 saturated heterocycles. The van der Waals surface area contributed by atoms with E-state index in [1.165, 1.54) is 12.4 Å². The summed E-state index contributed by atoms with van der Waals surface area (Å²) in [6, 6.07) is 4.49. The highest BCUT2D eigenvalue weighted by atomic mass is 79.9. The Hall–Kier alpha value is -1.49. The van der Waals surface area contributed by atoms with Crippen LogP contribution in [0, 0.1) is 5.82 Å². The van der Waals surface area contributed by atoms with Crippen molar-refractivity contribution in [3.05, 3.63) is 40.5 Å². The van der Waals surface area contributed by atoms with Crippen molar-refractivity contribution in [2.75, 3.05) is 0 Å². The molecule has 0 unspecified atom stereocenters. The normalized spacial score (nSPS) is 10.3. The Morgan fingerprint density at radius 3 is 3.00 bits per heavy atom. The second kappa shape index (κ2) is 3.94. The van der Waals surface area contributed by atoms with E-state index in [1.54, 1.807) is 12.1 Å². The molecule has 0 bridgehead atoms. The lowest BCUT2D eigenvalue weighted by atomic mass is 10.1. The van der Waals surface area contributed by atoms with Crippen molar-refractivity contribution in [1.29, 1.82) is 0 Å². The third-order valence-corrected chi connectivity index (χ3v) is 2.46. The Bertz CT molecular complexity index is 510. The molecule has 0 fully saturated rings. The van der Waals surface area contributed by atoms with Gasteiger partial charge in [-0.15, -0.1) is 0 Å². The summed E-state index contributed by atoms with van der Waals surface area (Å²) in [5, 5.41) is 0. The molecule has 0 aliphatic carbocycles. The van der Waals surface area contributed by atoms with Crippen LogP contribution >= 0.6 is 15.9 Å². The van der Waals surface area contributed by atoms with E-state index in [0.29, 0.717) is 17.5 Å². The van der Waals surface area contributed by atoms with E-state index >= 15 is 0 Å². The molecule has 15 heavy (non-hydrogen) atoms. The van der Waals surface area contributed by atoms with Gasteiger partial charge in [0, 0.05) is 10.0 Å². The second-order valence-electron chi connectivity index (χ2n) is 2.91. The Balaban J connectivity index is 2.62. The number of hydrogen-bond donors (Lipinski definition) is 1. The summed E-state index contributed by atoms with van der Waals surface area (Å²) in [5.41, 5.74) is 0.892. The highest BCUT2D eigenvalue weighted by molar-refractivity contribution is 9.10. The summed E-state index contributed by atoms with van der Waals surface area (Å²) in [6.45, 7) is 0. The van der Waals surface area contributed by atoms with Crippen molar-refractivity contribution >= 4 is 22.2 Å². The summed E-state index contributed by atoms with van der Waals surface area (Å²) >= 11 is 3.24. The summed E-state index contributed by atoms with van der Waals surface area (Å²) in [6.07, 6.45) is 1.97. The first-order valence-corrected chi connectivity index (χ1v) is 4.95. The summed E-state index contributed by atoms with van der Waals surface area (Å²) in [4.78, 5) is 17.2. The number of H-pyrrole nitrogens is 1. The predicted molar refractivity (Wildman–Crippen MR) is 57.1 cm³/mol. The zero-order valence-electron chi connectivity index (χ0n) is 7.50. The van der Waals surface area contributed by atoms with Crippen molar-refractivity contribution in [2.45, 2.75) is 0 Å². The van der Waals surface area contributed by atoms with Crippen molar-refractivity contribution in [2.24, 2.45) is 0 Å². The first-order chi connectivity index (χ1) is 7.22. The number of benzene rings is 1. The van der Waals surface area contributed by atoms with Gasteiger partial charge in [0.15, 0.2) is 6.29 Å². The molecular formula is C10H6BrFN2O. The van der Waals surface area contributed by atoms with E-state index in [4.69, 9.17) is 0 Å². The lowest BCUT2D eigenvalue weighted by Crippen LogP contribution is -1.89. The molecule has 3 nitrogen and oxygen atoms in total. The molecular weight excluding hydrogens is 263 g/mol. The lowest BCUT2D eigenvalue weighted by Gasteiger charge is -2.01. The zero-order valence-corrected chi connectivity index (χ0v) is 9.08. The minimum atomic E-state index is -0.409. The van der Waals surface area contributed by atoms with E-state index < -0.39 is 5.82 Å². The van der Waals surface area contributed by atoms with Crippen LogP contribution < -0.4 is 0 Å². The molecule has 0 radical (unpaired) electrons. The number of aromatic amines is 1. The topological polar surface area (TPSA) is 45.8 Å². The maximum Gasteiger partial charge on any atom is 0.168 e. The third-order valence-electron chi connectivity index (χ3n) is 1.97. The number of imidazole rings is 1. The standard InChI is InChI=1S/C10H6BrFN2O/c11-6-1-2-8(12)7(3-6)10-9(4-15)13-5-14-10/h1-5H,(H,13,14). The molecule has 2 rings (SSSR count). The summed E-state index contributed by atoms with van der Waals surface area (Å²) in [7, 11) is 0. The van der Waals surface area contributed by atoms with Crippen LogP contribution in [0.1, 0.15) is 10.5 Å². The Kier molecular flexibility index (Phi) is 2.64. The van der Waals surface area contributed by atoms with Gasteiger partial charge in [0.25, 0.3) is 0 Å². The predicted octanol–water partition coefficient (Wildman–Crippen LogP) is 2.79. The molecule has 76 valence electrons. The number of aldehydes is 1. The van der Waals surface area contributed by atoms with Gasteiger partial charge in [-0.25, -0.2) is 9.37 Å². The molecule has 0 spiro atoms. The maximum absolute atomic E-state index is 13.5. The molecule has 0 saturated carbocycles. The molecule has 2 aromatic rings. The van der Waals surface area contributed by atoms with Crippen LogP contribution in [-0.2, 0) is 0 Å². The Labute approximate surface area is 93.5 Å². The van der Waals surface area contributed by atoms with Crippen LogP contribution in [0.3, 0.4) is 0 Å².